The van der Waals surface area contributed by atoms with Crippen molar-refractivity contribution in [2.45, 2.75) is 31.8 Å². The summed E-state index contributed by atoms with van der Waals surface area (Å²) in [4.78, 5) is 14.9. The number of rotatable bonds is 5. The molecule has 1 aliphatic heterocycles. The van der Waals surface area contributed by atoms with Crippen molar-refractivity contribution in [2.24, 2.45) is 0 Å². The molecule has 7 nitrogen and oxygen atoms in total. The summed E-state index contributed by atoms with van der Waals surface area (Å²) in [6, 6.07) is 11.0. The summed E-state index contributed by atoms with van der Waals surface area (Å²) in [6.45, 7) is 6.91. The summed E-state index contributed by atoms with van der Waals surface area (Å²) >= 11 is 0. The summed E-state index contributed by atoms with van der Waals surface area (Å²) in [6.07, 6.45) is -4.56. The highest BCUT2D eigenvalue weighted by Gasteiger charge is 2.33. The zero-order valence-corrected chi connectivity index (χ0v) is 20.8. The molecule has 4 rings (SSSR count). The molecule has 0 radical (unpaired) electrons. The lowest BCUT2D eigenvalue weighted by atomic mass is 10.1. The fraction of sp³-hybridized carbons (Fsp3) is 0.320. The lowest BCUT2D eigenvalue weighted by Gasteiger charge is -2.31. The van der Waals surface area contributed by atoms with Gasteiger partial charge in [-0.3, -0.25) is 4.79 Å². The second kappa shape index (κ2) is 9.62. The number of amides is 1. The molecule has 2 heterocycles. The third-order valence-corrected chi connectivity index (χ3v) is 7.48. The number of aromatic nitrogens is 1. The minimum Gasteiger partial charge on any atom is -0.378 e. The second-order valence-electron chi connectivity index (χ2n) is 8.67. The average Bonchev–Trinajstić information content (AvgIpc) is 3.12. The topological polar surface area (TPSA) is 80.6 Å². The van der Waals surface area contributed by atoms with Gasteiger partial charge < -0.3 is 14.2 Å². The van der Waals surface area contributed by atoms with Gasteiger partial charge >= 0.3 is 6.18 Å². The Morgan fingerprint density at radius 3 is 2.19 bits per heavy atom. The maximum absolute atomic E-state index is 13.6. The van der Waals surface area contributed by atoms with E-state index < -0.39 is 27.7 Å². The number of morpholine rings is 1. The van der Waals surface area contributed by atoms with Gasteiger partial charge in [0.1, 0.15) is 0 Å². The van der Waals surface area contributed by atoms with E-state index in [0.29, 0.717) is 43.4 Å². The van der Waals surface area contributed by atoms with Crippen molar-refractivity contribution in [3.63, 3.8) is 0 Å². The lowest BCUT2D eigenvalue weighted by Crippen LogP contribution is -2.37. The average molecular weight is 522 g/mol. The molecular formula is C25H26F3N3O4S. The van der Waals surface area contributed by atoms with Crippen LogP contribution in [0.25, 0.3) is 5.69 Å². The predicted molar refractivity (Wildman–Crippen MR) is 129 cm³/mol. The molecule has 1 aromatic heterocycles. The van der Waals surface area contributed by atoms with E-state index in [0.717, 1.165) is 17.7 Å². The molecule has 0 bridgehead atoms. The van der Waals surface area contributed by atoms with Crippen molar-refractivity contribution >= 4 is 21.6 Å². The van der Waals surface area contributed by atoms with E-state index in [1.54, 1.807) is 30.5 Å². The van der Waals surface area contributed by atoms with Crippen LogP contribution in [0.5, 0.6) is 0 Å². The number of hydrogen-bond acceptors (Lipinski definition) is 5. The molecule has 0 unspecified atom stereocenters. The van der Waals surface area contributed by atoms with Crippen LogP contribution in [0.15, 0.2) is 53.4 Å². The molecule has 1 aliphatic rings. The van der Waals surface area contributed by atoms with Gasteiger partial charge in [-0.1, -0.05) is 17.7 Å². The van der Waals surface area contributed by atoms with Crippen LogP contribution in [0.2, 0.25) is 0 Å². The Bertz CT molecular complexity index is 1390. The van der Waals surface area contributed by atoms with Gasteiger partial charge in [0.05, 0.1) is 40.6 Å². The molecule has 11 heteroatoms. The smallest absolute Gasteiger partial charge is 0.378 e. The molecule has 1 amide bonds. The number of hydrogen-bond donors (Lipinski definition) is 1. The first-order chi connectivity index (χ1) is 16.9. The minimum atomic E-state index is -4.56. The van der Waals surface area contributed by atoms with Crippen LogP contribution in [0, 0.1) is 20.8 Å². The van der Waals surface area contributed by atoms with E-state index in [-0.39, 0.29) is 16.1 Å². The Balaban J connectivity index is 1.76. The summed E-state index contributed by atoms with van der Waals surface area (Å²) in [5.41, 5.74) is 1.70. The molecule has 2 aromatic carbocycles. The normalized spacial score (nSPS) is 14.7. The number of anilines is 1. The van der Waals surface area contributed by atoms with Gasteiger partial charge in [0.15, 0.2) is 0 Å². The molecule has 36 heavy (non-hydrogen) atoms. The van der Waals surface area contributed by atoms with Crippen LogP contribution in [-0.4, -0.2) is 45.2 Å². The third-order valence-electron chi connectivity index (χ3n) is 6.13. The van der Waals surface area contributed by atoms with Crippen LogP contribution >= 0.6 is 0 Å². The molecular weight excluding hydrogens is 495 g/mol. The number of ether oxygens (including phenoxy) is 1. The number of alkyl halides is 3. The highest BCUT2D eigenvalue weighted by Crippen LogP contribution is 2.36. The van der Waals surface area contributed by atoms with Gasteiger partial charge in [-0.25, -0.2) is 13.1 Å². The Morgan fingerprint density at radius 2 is 1.58 bits per heavy atom. The van der Waals surface area contributed by atoms with Crippen molar-refractivity contribution in [3.05, 3.63) is 76.6 Å². The van der Waals surface area contributed by atoms with Crippen molar-refractivity contribution in [1.29, 1.82) is 0 Å². The molecule has 0 atom stereocenters. The first-order valence-corrected chi connectivity index (χ1v) is 12.7. The SMILES string of the molecule is Cc1ccc(S(=O)(=O)NC(=O)c2cc(C)n(-c3cc(C(F)(F)F)ccc3N3CCOCC3)c2C)cc1. The number of aryl methyl sites for hydroxylation is 2. The molecule has 3 aromatic rings. The molecule has 0 spiro atoms. The van der Waals surface area contributed by atoms with E-state index in [4.69, 9.17) is 4.74 Å². The third kappa shape index (κ3) is 5.12. The number of nitrogens with one attached hydrogen (secondary N) is 1. The Hall–Kier alpha value is -3.31. The largest absolute Gasteiger partial charge is 0.416 e. The molecule has 0 aliphatic carbocycles. The zero-order valence-electron chi connectivity index (χ0n) is 20.0. The van der Waals surface area contributed by atoms with Gasteiger partial charge in [-0.05, 0) is 57.2 Å². The molecule has 0 saturated carbocycles. The van der Waals surface area contributed by atoms with E-state index in [1.165, 1.54) is 24.3 Å². The van der Waals surface area contributed by atoms with Crippen LogP contribution in [0.4, 0.5) is 18.9 Å². The predicted octanol–water partition coefficient (Wildman–Crippen LogP) is 4.38. The van der Waals surface area contributed by atoms with Gasteiger partial charge in [0.25, 0.3) is 15.9 Å². The number of carbonyl (C=O) groups is 1. The number of halogens is 3. The highest BCUT2D eigenvalue weighted by atomic mass is 32.2. The Morgan fingerprint density at radius 1 is 0.944 bits per heavy atom. The molecule has 192 valence electrons. The minimum absolute atomic E-state index is 0.0496. The van der Waals surface area contributed by atoms with E-state index in [9.17, 15) is 26.4 Å². The van der Waals surface area contributed by atoms with Crippen molar-refractivity contribution < 1.29 is 31.1 Å². The van der Waals surface area contributed by atoms with Gasteiger partial charge in [0.2, 0.25) is 0 Å². The van der Waals surface area contributed by atoms with Gasteiger partial charge in [-0.15, -0.1) is 0 Å². The van der Waals surface area contributed by atoms with E-state index in [2.05, 4.69) is 4.72 Å². The first kappa shape index (κ1) is 25.8. The number of sulfonamides is 1. The summed E-state index contributed by atoms with van der Waals surface area (Å²) in [5, 5.41) is 0. The summed E-state index contributed by atoms with van der Waals surface area (Å²) < 4.78 is 75.2. The van der Waals surface area contributed by atoms with Crippen molar-refractivity contribution in [3.8, 4) is 5.69 Å². The fourth-order valence-electron chi connectivity index (χ4n) is 4.27. The summed E-state index contributed by atoms with van der Waals surface area (Å²) in [7, 11) is -4.14. The number of benzene rings is 2. The molecule has 1 saturated heterocycles. The number of carbonyl (C=O) groups excluding carboxylic acids is 1. The standard InChI is InChI=1S/C25H26F3N3O4S/c1-16-4-7-20(8-5-16)36(33,34)29-24(32)21-14-17(2)31(18(21)3)23-15-19(25(26,27)28)6-9-22(23)30-10-12-35-13-11-30/h4-9,14-15H,10-13H2,1-3H3,(H,29,32). The maximum atomic E-state index is 13.6. The highest BCUT2D eigenvalue weighted by molar-refractivity contribution is 7.90. The monoisotopic (exact) mass is 521 g/mol. The molecule has 1 fully saturated rings. The van der Waals surface area contributed by atoms with Crippen molar-refractivity contribution in [2.75, 3.05) is 31.2 Å². The lowest BCUT2D eigenvalue weighted by molar-refractivity contribution is -0.137. The Labute approximate surface area is 207 Å². The van der Waals surface area contributed by atoms with E-state index >= 15 is 0 Å². The van der Waals surface area contributed by atoms with Crippen molar-refractivity contribution in [1.82, 2.24) is 9.29 Å². The quantitative estimate of drug-likeness (QED) is 0.539. The zero-order chi connectivity index (χ0) is 26.3. The second-order valence-corrected chi connectivity index (χ2v) is 10.4. The first-order valence-electron chi connectivity index (χ1n) is 11.3. The van der Waals surface area contributed by atoms with Crippen LogP contribution in [0.3, 0.4) is 0 Å². The van der Waals surface area contributed by atoms with Crippen LogP contribution in [0.1, 0.15) is 32.9 Å². The van der Waals surface area contributed by atoms with E-state index in [1.807, 2.05) is 11.8 Å². The van der Waals surface area contributed by atoms with Gasteiger partial charge in [0, 0.05) is 24.5 Å². The fourth-order valence-corrected chi connectivity index (χ4v) is 5.23. The number of nitrogens with zero attached hydrogens (tertiary/aromatic N) is 2. The Kier molecular flexibility index (Phi) is 6.89. The maximum Gasteiger partial charge on any atom is 0.416 e. The van der Waals surface area contributed by atoms with Crippen LogP contribution in [-0.2, 0) is 20.9 Å². The van der Waals surface area contributed by atoms with Gasteiger partial charge in [-0.2, -0.15) is 13.2 Å². The van der Waals surface area contributed by atoms with Crippen LogP contribution < -0.4 is 9.62 Å². The summed E-state index contributed by atoms with van der Waals surface area (Å²) in [5.74, 6) is -0.866. The molecule has 1 N–H and O–H groups in total.